The maximum Gasteiger partial charge on any atom is 0.400 e. The topological polar surface area (TPSA) is 28.1 Å². The van der Waals surface area contributed by atoms with Crippen molar-refractivity contribution in [3.63, 3.8) is 0 Å². The average Bonchev–Trinajstić information content (AvgIpc) is 2.79. The van der Waals surface area contributed by atoms with Crippen LogP contribution in [0.4, 0.5) is 5.69 Å². The first-order chi connectivity index (χ1) is 7.40. The lowest BCUT2D eigenvalue weighted by Gasteiger charge is -1.83. The van der Waals surface area contributed by atoms with Gasteiger partial charge in [0.25, 0.3) is 0 Å². The van der Waals surface area contributed by atoms with Crippen LogP contribution in [0.3, 0.4) is 0 Å². The fraction of sp³-hybridized carbons (Fsp3) is 0. The van der Waals surface area contributed by atoms with E-state index in [2.05, 4.69) is 16.8 Å². The van der Waals surface area contributed by atoms with Crippen molar-refractivity contribution in [3.8, 4) is 11.8 Å². The van der Waals surface area contributed by atoms with Gasteiger partial charge in [0.2, 0.25) is 5.39 Å². The standard InChI is InChI=1S/C12H7N2S/c13-14-12-4-2-1-3-11(12)6-5-10-7-8-15-9-10/h1-4,7-9H/q+1. The first-order valence-electron chi connectivity index (χ1n) is 4.38. The van der Waals surface area contributed by atoms with E-state index in [0.29, 0.717) is 5.69 Å². The average molecular weight is 211 g/mol. The van der Waals surface area contributed by atoms with Crippen LogP contribution in [0.5, 0.6) is 0 Å². The number of hydrogen-bond donors (Lipinski definition) is 0. The summed E-state index contributed by atoms with van der Waals surface area (Å²) in [7, 11) is 0. The Morgan fingerprint density at radius 1 is 1.13 bits per heavy atom. The second-order valence-corrected chi connectivity index (χ2v) is 3.66. The summed E-state index contributed by atoms with van der Waals surface area (Å²) in [5.74, 6) is 5.97. The Labute approximate surface area is 91.8 Å². The highest BCUT2D eigenvalue weighted by Gasteiger charge is 2.08. The SMILES string of the molecule is N#[N+]c1ccccc1C#Cc1ccsc1. The summed E-state index contributed by atoms with van der Waals surface area (Å²) in [6, 6.07) is 9.18. The van der Waals surface area contributed by atoms with E-state index in [1.54, 1.807) is 17.4 Å². The zero-order chi connectivity index (χ0) is 10.5. The highest BCUT2D eigenvalue weighted by Crippen LogP contribution is 2.17. The molecule has 0 spiro atoms. The lowest BCUT2D eigenvalue weighted by atomic mass is 10.2. The summed E-state index contributed by atoms with van der Waals surface area (Å²) in [5, 5.41) is 12.7. The molecule has 0 amide bonds. The minimum absolute atomic E-state index is 0.500. The minimum atomic E-state index is 0.500. The predicted octanol–water partition coefficient (Wildman–Crippen LogP) is 3.63. The minimum Gasteiger partial charge on any atom is -0.151 e. The number of rotatable bonds is 0. The first-order valence-corrected chi connectivity index (χ1v) is 5.33. The lowest BCUT2D eigenvalue weighted by Crippen LogP contribution is -1.73. The molecule has 0 aliphatic heterocycles. The molecule has 1 aromatic heterocycles. The van der Waals surface area contributed by atoms with Gasteiger partial charge in [-0.15, -0.1) is 0 Å². The van der Waals surface area contributed by atoms with Crippen molar-refractivity contribution in [2.24, 2.45) is 0 Å². The molecule has 0 bridgehead atoms. The maximum absolute atomic E-state index is 8.73. The summed E-state index contributed by atoms with van der Waals surface area (Å²) in [4.78, 5) is 3.17. The molecule has 0 N–H and O–H groups in total. The lowest BCUT2D eigenvalue weighted by molar-refractivity contribution is 1.45. The van der Waals surface area contributed by atoms with Crippen LogP contribution >= 0.6 is 11.3 Å². The van der Waals surface area contributed by atoms with Crippen molar-refractivity contribution in [1.82, 2.24) is 0 Å². The normalized spacial score (nSPS) is 8.73. The van der Waals surface area contributed by atoms with Gasteiger partial charge in [0.05, 0.1) is 0 Å². The Balaban J connectivity index is 2.36. The largest absolute Gasteiger partial charge is 0.400 e. The van der Waals surface area contributed by atoms with E-state index in [-0.39, 0.29) is 0 Å². The van der Waals surface area contributed by atoms with Gasteiger partial charge >= 0.3 is 5.69 Å². The molecule has 0 saturated heterocycles. The van der Waals surface area contributed by atoms with Crippen molar-refractivity contribution in [2.75, 3.05) is 0 Å². The van der Waals surface area contributed by atoms with Crippen molar-refractivity contribution in [3.05, 3.63) is 57.2 Å². The third kappa shape index (κ3) is 2.22. The third-order valence-electron chi connectivity index (χ3n) is 1.87. The molecule has 0 radical (unpaired) electrons. The molecule has 0 saturated carbocycles. The molecule has 70 valence electrons. The Bertz CT molecular complexity index is 553. The smallest absolute Gasteiger partial charge is 0.151 e. The maximum atomic E-state index is 8.73. The van der Waals surface area contributed by atoms with Gasteiger partial charge in [-0.25, -0.2) is 0 Å². The van der Waals surface area contributed by atoms with Gasteiger partial charge in [-0.2, -0.15) is 11.3 Å². The molecule has 15 heavy (non-hydrogen) atoms. The highest BCUT2D eigenvalue weighted by molar-refractivity contribution is 7.08. The predicted molar refractivity (Wildman–Crippen MR) is 61.5 cm³/mol. The van der Waals surface area contributed by atoms with Crippen LogP contribution in [0.25, 0.3) is 4.98 Å². The number of thiophene rings is 1. The van der Waals surface area contributed by atoms with E-state index >= 15 is 0 Å². The third-order valence-corrected chi connectivity index (χ3v) is 2.56. The van der Waals surface area contributed by atoms with Gasteiger partial charge in [0, 0.05) is 17.0 Å². The van der Waals surface area contributed by atoms with Gasteiger partial charge in [-0.1, -0.05) is 24.0 Å². The molecule has 3 heteroatoms. The molecule has 1 heterocycles. The molecule has 2 nitrogen and oxygen atoms in total. The summed E-state index contributed by atoms with van der Waals surface area (Å²) in [5.41, 5.74) is 2.21. The highest BCUT2D eigenvalue weighted by atomic mass is 32.1. The van der Waals surface area contributed by atoms with Crippen molar-refractivity contribution in [2.45, 2.75) is 0 Å². The van der Waals surface area contributed by atoms with Crippen LogP contribution in [0.1, 0.15) is 11.1 Å². The van der Waals surface area contributed by atoms with Crippen molar-refractivity contribution in [1.29, 1.82) is 5.39 Å². The van der Waals surface area contributed by atoms with Crippen LogP contribution in [-0.4, -0.2) is 0 Å². The molecule has 0 atom stereocenters. The van der Waals surface area contributed by atoms with Gasteiger partial charge in [0.1, 0.15) is 5.56 Å². The van der Waals surface area contributed by atoms with E-state index in [1.807, 2.05) is 35.0 Å². The molecule has 0 aliphatic carbocycles. The molecule has 2 rings (SSSR count). The van der Waals surface area contributed by atoms with Gasteiger partial charge in [-0.3, -0.25) is 0 Å². The summed E-state index contributed by atoms with van der Waals surface area (Å²) in [6.45, 7) is 0. The molecule has 0 unspecified atom stereocenters. The molecule has 1 aromatic carbocycles. The summed E-state index contributed by atoms with van der Waals surface area (Å²) < 4.78 is 0. The van der Waals surface area contributed by atoms with E-state index in [1.165, 1.54) is 0 Å². The summed E-state index contributed by atoms with van der Waals surface area (Å²) in [6.07, 6.45) is 0. The molecule has 0 fully saturated rings. The molecular formula is C12H7N2S+. The van der Waals surface area contributed by atoms with E-state index in [0.717, 1.165) is 11.1 Å². The fourth-order valence-corrected chi connectivity index (χ4v) is 1.73. The molecule has 0 aliphatic rings. The first kappa shape index (κ1) is 9.45. The van der Waals surface area contributed by atoms with Crippen LogP contribution in [0, 0.1) is 17.2 Å². The van der Waals surface area contributed by atoms with Crippen molar-refractivity contribution >= 4 is 17.0 Å². The quantitative estimate of drug-likeness (QED) is 0.483. The van der Waals surface area contributed by atoms with Gasteiger partial charge in [-0.05, 0) is 17.5 Å². The summed E-state index contributed by atoms with van der Waals surface area (Å²) >= 11 is 1.61. The Morgan fingerprint density at radius 2 is 2.00 bits per heavy atom. The van der Waals surface area contributed by atoms with Crippen molar-refractivity contribution < 1.29 is 0 Å². The second kappa shape index (κ2) is 4.41. The Kier molecular flexibility index (Phi) is 2.78. The molecule has 2 aromatic rings. The fourth-order valence-electron chi connectivity index (χ4n) is 1.14. The van der Waals surface area contributed by atoms with Crippen LogP contribution < -0.4 is 0 Å². The zero-order valence-electron chi connectivity index (χ0n) is 7.84. The van der Waals surface area contributed by atoms with Gasteiger partial charge < -0.3 is 0 Å². The monoisotopic (exact) mass is 211 g/mol. The van der Waals surface area contributed by atoms with E-state index in [4.69, 9.17) is 5.39 Å². The number of hydrogen-bond acceptors (Lipinski definition) is 2. The Hall–Kier alpha value is -2.10. The van der Waals surface area contributed by atoms with Crippen LogP contribution in [-0.2, 0) is 0 Å². The number of benzene rings is 1. The Morgan fingerprint density at radius 3 is 2.73 bits per heavy atom. The second-order valence-electron chi connectivity index (χ2n) is 2.88. The zero-order valence-corrected chi connectivity index (χ0v) is 8.66. The van der Waals surface area contributed by atoms with E-state index < -0.39 is 0 Å². The van der Waals surface area contributed by atoms with Gasteiger partial charge in [0.15, 0.2) is 4.98 Å². The number of nitrogens with zero attached hydrogens (tertiary/aromatic N) is 2. The molecular weight excluding hydrogens is 204 g/mol. The van der Waals surface area contributed by atoms with E-state index in [9.17, 15) is 0 Å². The number of diazo groups is 1. The van der Waals surface area contributed by atoms with Crippen LogP contribution in [0.2, 0.25) is 0 Å². The van der Waals surface area contributed by atoms with Crippen LogP contribution in [0.15, 0.2) is 41.1 Å².